The van der Waals surface area contributed by atoms with Crippen LogP contribution < -0.4 is 5.32 Å². The minimum Gasteiger partial charge on any atom is -0.462 e. The van der Waals surface area contributed by atoms with E-state index in [1.165, 1.54) is 109 Å². The number of carbonyl (C=O) groups excluding carboxylic acids is 2. The van der Waals surface area contributed by atoms with Crippen LogP contribution in [0.3, 0.4) is 0 Å². The highest BCUT2D eigenvalue weighted by Crippen LogP contribution is 2.16. The van der Waals surface area contributed by atoms with Crippen molar-refractivity contribution in [3.05, 3.63) is 60.8 Å². The molecule has 0 aliphatic heterocycles. The molecule has 0 radical (unpaired) electrons. The number of ether oxygens (including phenoxy) is 1. The largest absolute Gasteiger partial charge is 0.462 e. The van der Waals surface area contributed by atoms with Gasteiger partial charge in [0, 0.05) is 6.42 Å². The zero-order chi connectivity index (χ0) is 41.7. The standard InChI is InChI=1S/C51H91NO5/c1-4-7-10-13-16-19-22-23-24-25-26-27-29-32-35-38-41-44-51(56)57-47(42-39-36-33-30-28-20-17-14-11-8-5-2)45-50(55)52-48(46-53)49(54)43-40-37-34-31-21-18-15-12-9-6-3/h16,19,23-24,26-27,30,32-33,35,47-49,53-54H,4-15,17-18,20-22,25,28-29,31,34,36-46H2,1-3H3,(H,52,55)/b19-16-,24-23-,27-26-,33-30-,35-32-. The second-order valence-corrected chi connectivity index (χ2v) is 16.2. The summed E-state index contributed by atoms with van der Waals surface area (Å²) in [4.78, 5) is 26.0. The molecule has 0 saturated heterocycles. The van der Waals surface area contributed by atoms with E-state index in [2.05, 4.69) is 86.8 Å². The van der Waals surface area contributed by atoms with Gasteiger partial charge in [-0.25, -0.2) is 0 Å². The molecule has 0 rings (SSSR count). The first kappa shape index (κ1) is 54.6. The Morgan fingerprint density at radius 2 is 0.912 bits per heavy atom. The molecular weight excluding hydrogens is 707 g/mol. The molecule has 0 aromatic heterocycles. The van der Waals surface area contributed by atoms with Gasteiger partial charge in [0.05, 0.1) is 25.2 Å². The average Bonchev–Trinajstić information content (AvgIpc) is 3.20. The van der Waals surface area contributed by atoms with Crippen LogP contribution in [0.1, 0.15) is 226 Å². The van der Waals surface area contributed by atoms with Gasteiger partial charge in [0.15, 0.2) is 0 Å². The lowest BCUT2D eigenvalue weighted by molar-refractivity contribution is -0.151. The third kappa shape index (κ3) is 40.1. The molecule has 0 saturated carbocycles. The predicted octanol–water partition coefficient (Wildman–Crippen LogP) is 14.1. The van der Waals surface area contributed by atoms with Crippen molar-refractivity contribution in [2.24, 2.45) is 0 Å². The van der Waals surface area contributed by atoms with E-state index >= 15 is 0 Å². The highest BCUT2D eigenvalue weighted by atomic mass is 16.5. The first-order valence-electron chi connectivity index (χ1n) is 24.0. The number of nitrogens with one attached hydrogen (secondary N) is 1. The molecule has 0 aromatic carbocycles. The fourth-order valence-corrected chi connectivity index (χ4v) is 6.89. The molecule has 0 spiro atoms. The Kier molecular flexibility index (Phi) is 42.7. The van der Waals surface area contributed by atoms with Gasteiger partial charge in [0.2, 0.25) is 5.91 Å². The van der Waals surface area contributed by atoms with Crippen LogP contribution in [-0.2, 0) is 14.3 Å². The van der Waals surface area contributed by atoms with E-state index < -0.39 is 18.2 Å². The number of hydrogen-bond acceptors (Lipinski definition) is 5. The summed E-state index contributed by atoms with van der Waals surface area (Å²) in [5.41, 5.74) is 0. The average molecular weight is 798 g/mol. The first-order chi connectivity index (χ1) is 28.0. The predicted molar refractivity (Wildman–Crippen MR) is 245 cm³/mol. The number of amides is 1. The normalized spacial score (nSPS) is 13.8. The zero-order valence-electron chi connectivity index (χ0n) is 37.5. The lowest BCUT2D eigenvalue weighted by atomic mass is 10.0. The van der Waals surface area contributed by atoms with Crippen molar-refractivity contribution < 1.29 is 24.5 Å². The van der Waals surface area contributed by atoms with Crippen molar-refractivity contribution in [3.8, 4) is 0 Å². The van der Waals surface area contributed by atoms with Gasteiger partial charge < -0.3 is 20.3 Å². The molecule has 0 bridgehead atoms. The summed E-state index contributed by atoms with van der Waals surface area (Å²) in [6, 6.07) is -0.720. The molecule has 330 valence electrons. The van der Waals surface area contributed by atoms with Crippen molar-refractivity contribution >= 4 is 11.9 Å². The number of rotatable bonds is 42. The van der Waals surface area contributed by atoms with Crippen LogP contribution in [0.2, 0.25) is 0 Å². The second kappa shape index (κ2) is 44.7. The lowest BCUT2D eigenvalue weighted by Gasteiger charge is -2.24. The fourth-order valence-electron chi connectivity index (χ4n) is 6.89. The van der Waals surface area contributed by atoms with Gasteiger partial charge >= 0.3 is 5.97 Å². The van der Waals surface area contributed by atoms with Gasteiger partial charge in [0.1, 0.15) is 6.10 Å². The number of aliphatic hydroxyl groups excluding tert-OH is 2. The summed E-state index contributed by atoms with van der Waals surface area (Å²) in [7, 11) is 0. The summed E-state index contributed by atoms with van der Waals surface area (Å²) in [6.45, 7) is 6.40. The second-order valence-electron chi connectivity index (χ2n) is 16.2. The maximum absolute atomic E-state index is 13.1. The van der Waals surface area contributed by atoms with Crippen molar-refractivity contribution in [2.45, 2.75) is 244 Å². The van der Waals surface area contributed by atoms with Crippen molar-refractivity contribution in [2.75, 3.05) is 6.61 Å². The minimum atomic E-state index is -0.802. The SMILES string of the molecule is CCCCC/C=C\C/C=C\C/C=C\C/C=C\CCCC(=O)OC(CCC/C=C\CCCCCCCC)CC(=O)NC(CO)C(O)CCCCCCCCCCCC. The molecule has 0 fully saturated rings. The highest BCUT2D eigenvalue weighted by molar-refractivity contribution is 5.77. The molecule has 0 aliphatic carbocycles. The minimum absolute atomic E-state index is 0.0336. The van der Waals surface area contributed by atoms with E-state index in [0.29, 0.717) is 25.7 Å². The molecule has 3 unspecified atom stereocenters. The molecule has 3 atom stereocenters. The maximum atomic E-state index is 13.1. The summed E-state index contributed by atoms with van der Waals surface area (Å²) >= 11 is 0. The third-order valence-electron chi connectivity index (χ3n) is 10.6. The fraction of sp³-hybridized carbons (Fsp3) is 0.765. The van der Waals surface area contributed by atoms with E-state index in [0.717, 1.165) is 64.2 Å². The van der Waals surface area contributed by atoms with Crippen LogP contribution in [0.4, 0.5) is 0 Å². The number of hydrogen-bond donors (Lipinski definition) is 3. The molecule has 0 aromatic rings. The number of unbranched alkanes of at least 4 members (excludes halogenated alkanes) is 20. The Labute approximate surface area is 352 Å². The third-order valence-corrected chi connectivity index (χ3v) is 10.6. The van der Waals surface area contributed by atoms with Crippen LogP contribution in [0.5, 0.6) is 0 Å². The van der Waals surface area contributed by atoms with Crippen LogP contribution in [0, 0.1) is 0 Å². The molecule has 1 amide bonds. The Hall–Kier alpha value is -2.44. The Morgan fingerprint density at radius 1 is 0.509 bits per heavy atom. The summed E-state index contributed by atoms with van der Waals surface area (Å²) < 4.78 is 5.86. The van der Waals surface area contributed by atoms with Gasteiger partial charge in [-0.05, 0) is 83.5 Å². The van der Waals surface area contributed by atoms with E-state index in [9.17, 15) is 19.8 Å². The van der Waals surface area contributed by atoms with E-state index in [1.54, 1.807) is 0 Å². The Bertz CT molecular complexity index is 1030. The number of esters is 1. The quantitative estimate of drug-likeness (QED) is 0.0325. The van der Waals surface area contributed by atoms with Crippen LogP contribution in [-0.4, -0.2) is 46.9 Å². The Morgan fingerprint density at radius 3 is 1.44 bits per heavy atom. The lowest BCUT2D eigenvalue weighted by Crippen LogP contribution is -2.46. The Balaban J connectivity index is 4.69. The molecule has 6 heteroatoms. The molecule has 3 N–H and O–H groups in total. The smallest absolute Gasteiger partial charge is 0.306 e. The monoisotopic (exact) mass is 798 g/mol. The van der Waals surface area contributed by atoms with Gasteiger partial charge in [-0.3, -0.25) is 9.59 Å². The van der Waals surface area contributed by atoms with E-state index in [1.807, 2.05) is 0 Å². The topological polar surface area (TPSA) is 95.9 Å². The van der Waals surface area contributed by atoms with Crippen molar-refractivity contribution in [3.63, 3.8) is 0 Å². The molecule has 6 nitrogen and oxygen atoms in total. The number of allylic oxidation sites excluding steroid dienone is 10. The summed E-state index contributed by atoms with van der Waals surface area (Å²) in [5.74, 6) is -0.573. The first-order valence-corrected chi connectivity index (χ1v) is 24.0. The van der Waals surface area contributed by atoms with Crippen LogP contribution in [0.25, 0.3) is 0 Å². The van der Waals surface area contributed by atoms with Crippen LogP contribution >= 0.6 is 0 Å². The van der Waals surface area contributed by atoms with Crippen molar-refractivity contribution in [1.29, 1.82) is 0 Å². The van der Waals surface area contributed by atoms with Gasteiger partial charge in [-0.2, -0.15) is 0 Å². The van der Waals surface area contributed by atoms with Gasteiger partial charge in [-0.15, -0.1) is 0 Å². The zero-order valence-corrected chi connectivity index (χ0v) is 37.5. The molecular formula is C51H91NO5. The summed E-state index contributed by atoms with van der Waals surface area (Å²) in [6.07, 6.45) is 54.3. The molecule has 0 heterocycles. The van der Waals surface area contributed by atoms with E-state index in [-0.39, 0.29) is 24.9 Å². The van der Waals surface area contributed by atoms with Gasteiger partial charge in [0.25, 0.3) is 0 Å². The number of carbonyl (C=O) groups is 2. The molecule has 0 aliphatic rings. The maximum Gasteiger partial charge on any atom is 0.306 e. The van der Waals surface area contributed by atoms with Crippen LogP contribution in [0.15, 0.2) is 60.8 Å². The van der Waals surface area contributed by atoms with Crippen molar-refractivity contribution in [1.82, 2.24) is 5.32 Å². The highest BCUT2D eigenvalue weighted by Gasteiger charge is 2.24. The van der Waals surface area contributed by atoms with Gasteiger partial charge in [-0.1, -0.05) is 191 Å². The van der Waals surface area contributed by atoms with E-state index in [4.69, 9.17) is 4.74 Å². The number of aliphatic hydroxyl groups is 2. The summed E-state index contributed by atoms with van der Waals surface area (Å²) in [5, 5.41) is 23.6. The molecule has 57 heavy (non-hydrogen) atoms.